The van der Waals surface area contributed by atoms with Gasteiger partial charge in [0.2, 0.25) is 0 Å². The maximum Gasteiger partial charge on any atom is 0.294 e. The van der Waals surface area contributed by atoms with Gasteiger partial charge in [-0.3, -0.25) is 28.3 Å². The molecule has 13 rings (SSSR count). The highest BCUT2D eigenvalue weighted by Gasteiger charge is 2.39. The topological polar surface area (TPSA) is 292 Å². The third kappa shape index (κ3) is 6.00. The maximum atomic E-state index is 13.7. The number of rotatable bonds is 4. The molecule has 0 spiro atoms. The van der Waals surface area contributed by atoms with Crippen LogP contribution in [0.5, 0.6) is 0 Å². The third-order valence-electron chi connectivity index (χ3n) is 12.4. The Kier molecular flexibility index (Phi) is 8.29. The largest absolute Gasteiger partial charge is 0.324 e. The van der Waals surface area contributed by atoms with Gasteiger partial charge in [0.1, 0.15) is 22.9 Å². The van der Waals surface area contributed by atoms with Crippen LogP contribution >= 0.6 is 0 Å². The zero-order chi connectivity index (χ0) is 48.1. The molecule has 4 N–H and O–H groups in total. The number of carbonyl (C=O) groups excluding carboxylic acids is 4. The molecule has 2 aromatic heterocycles. The molecule has 0 atom stereocenters. The molecule has 8 aromatic rings. The molecule has 0 fully saturated rings. The Morgan fingerprint density at radius 2 is 0.786 bits per heavy atom. The molecular weight excluding hydrogens is 941 g/mol. The predicted octanol–water partition coefficient (Wildman–Crippen LogP) is 6.87. The smallest absolute Gasteiger partial charge is 0.294 e. The number of imide groups is 2. The van der Waals surface area contributed by atoms with E-state index in [0.717, 1.165) is 21.9 Å². The van der Waals surface area contributed by atoms with Crippen molar-refractivity contribution in [2.24, 2.45) is 0 Å². The van der Waals surface area contributed by atoms with Gasteiger partial charge in [0, 0.05) is 44.2 Å². The fourth-order valence-corrected chi connectivity index (χ4v) is 10.2. The van der Waals surface area contributed by atoms with Crippen molar-refractivity contribution in [3.05, 3.63) is 144 Å². The first-order valence-electron chi connectivity index (χ1n) is 20.9. The van der Waals surface area contributed by atoms with Crippen molar-refractivity contribution in [2.45, 2.75) is 9.79 Å². The van der Waals surface area contributed by atoms with Gasteiger partial charge in [-0.1, -0.05) is 24.3 Å². The maximum absolute atomic E-state index is 13.7. The van der Waals surface area contributed by atoms with Gasteiger partial charge < -0.3 is 9.97 Å². The van der Waals surface area contributed by atoms with E-state index in [1.165, 1.54) is 24.3 Å². The number of nitrogens with zero attached hydrogens (tertiary/aromatic N) is 8. The molecular formula is C48H24N10O10S2. The minimum Gasteiger partial charge on any atom is -0.324 e. The molecule has 5 aliphatic rings. The summed E-state index contributed by atoms with van der Waals surface area (Å²) in [7, 11) is -9.48. The second-order valence-corrected chi connectivity index (χ2v) is 19.3. The molecule has 8 bridgehead atoms. The van der Waals surface area contributed by atoms with E-state index in [2.05, 4.69) is 9.97 Å². The van der Waals surface area contributed by atoms with Crippen molar-refractivity contribution in [1.82, 2.24) is 39.9 Å². The number of fused-ring (bicyclic) bond motifs is 22. The molecule has 0 saturated heterocycles. The van der Waals surface area contributed by atoms with E-state index in [1.54, 1.807) is 84.9 Å². The van der Waals surface area contributed by atoms with Crippen LogP contribution in [0.2, 0.25) is 0 Å². The molecule has 0 radical (unpaired) electrons. The van der Waals surface area contributed by atoms with Gasteiger partial charge in [-0.2, -0.15) is 16.8 Å². The van der Waals surface area contributed by atoms with Crippen molar-refractivity contribution in [1.29, 1.82) is 0 Å². The zero-order valence-electron chi connectivity index (χ0n) is 35.1. The number of amides is 4. The van der Waals surface area contributed by atoms with Gasteiger partial charge in [-0.05, 0) is 97.1 Å². The van der Waals surface area contributed by atoms with Gasteiger partial charge in [0.05, 0.1) is 43.4 Å². The minimum atomic E-state index is -4.74. The molecule has 0 unspecified atom stereocenters. The van der Waals surface area contributed by atoms with Crippen LogP contribution in [0.15, 0.2) is 131 Å². The first-order valence-corrected chi connectivity index (χ1v) is 23.8. The molecule has 0 aliphatic carbocycles. The Balaban J connectivity index is 1.11. The predicted molar refractivity (Wildman–Crippen MR) is 249 cm³/mol. The van der Waals surface area contributed by atoms with E-state index >= 15 is 0 Å². The summed E-state index contributed by atoms with van der Waals surface area (Å²) in [5.74, 6) is -2.11. The monoisotopic (exact) mass is 964 g/mol. The Hall–Kier alpha value is -9.22. The number of benzene rings is 6. The highest BCUT2D eigenvalue weighted by atomic mass is 32.2. The number of carbonyl (C=O) groups is 4. The first-order chi connectivity index (χ1) is 33.6. The Morgan fingerprint density at radius 3 is 1.36 bits per heavy atom. The average molecular weight is 965 g/mol. The van der Waals surface area contributed by atoms with Gasteiger partial charge in [0.25, 0.3) is 43.9 Å². The SMILES string of the molecule is O=C1c2ccccc2C(=O)N1c1ccc2c(c1)-c1nc-2nc2[nH]c(nc3nc([nH]c4nc(n1)-c1ccc(S(=O)(=O)O)cc1-4)-c1ccc(S(=O)(=O)O)cc1-3)c1ccc(N3C(=O)c4ccccc4C3=O)cc21. The molecule has 7 heterocycles. The second-order valence-electron chi connectivity index (χ2n) is 16.4. The third-order valence-corrected chi connectivity index (χ3v) is 14.1. The van der Waals surface area contributed by atoms with Crippen molar-refractivity contribution in [2.75, 3.05) is 9.80 Å². The van der Waals surface area contributed by atoms with Crippen LogP contribution in [-0.4, -0.2) is 89.4 Å². The summed E-state index contributed by atoms with van der Waals surface area (Å²) in [6.07, 6.45) is 0. The number of H-pyrrole nitrogens is 2. The second kappa shape index (κ2) is 14.2. The molecule has 20 nitrogen and oxygen atoms in total. The molecule has 70 heavy (non-hydrogen) atoms. The zero-order valence-corrected chi connectivity index (χ0v) is 36.7. The Labute approximate surface area is 392 Å². The fourth-order valence-electron chi connectivity index (χ4n) is 9.17. The summed E-state index contributed by atoms with van der Waals surface area (Å²) in [5, 5.41) is 0.754. The van der Waals surface area contributed by atoms with Crippen molar-refractivity contribution in [3.63, 3.8) is 0 Å². The van der Waals surface area contributed by atoms with E-state index < -0.39 is 53.7 Å². The molecule has 338 valence electrons. The molecule has 22 heteroatoms. The lowest BCUT2D eigenvalue weighted by Gasteiger charge is -2.15. The molecule has 0 saturated carbocycles. The van der Waals surface area contributed by atoms with Crippen LogP contribution in [0.25, 0.3) is 90.4 Å². The number of aromatic nitrogens is 8. The van der Waals surface area contributed by atoms with Crippen LogP contribution in [0.1, 0.15) is 41.4 Å². The average Bonchev–Trinajstić information content (AvgIpc) is 4.16. The molecule has 4 amide bonds. The van der Waals surface area contributed by atoms with Crippen molar-refractivity contribution in [3.8, 4) is 68.3 Å². The van der Waals surface area contributed by atoms with E-state index in [4.69, 9.17) is 29.9 Å². The van der Waals surface area contributed by atoms with Gasteiger partial charge in [-0.25, -0.2) is 39.7 Å². The lowest BCUT2D eigenvalue weighted by molar-refractivity contribution is 0.0910. The number of aromatic amines is 2. The van der Waals surface area contributed by atoms with Gasteiger partial charge in [-0.15, -0.1) is 0 Å². The molecule has 6 aromatic carbocycles. The van der Waals surface area contributed by atoms with Crippen molar-refractivity contribution < 1.29 is 45.1 Å². The number of anilines is 2. The van der Waals surface area contributed by atoms with E-state index in [0.29, 0.717) is 27.5 Å². The fraction of sp³-hybridized carbons (Fsp3) is 0. The summed E-state index contributed by atoms with van der Waals surface area (Å²) in [6.45, 7) is 0. The van der Waals surface area contributed by atoms with Gasteiger partial charge in [0.15, 0.2) is 23.3 Å². The standard InChI is InChI=1S/C48H24N10O10S2/c59-45-29-5-1-2-6-30(29)46(60)57(45)21-9-13-25-33(17-21)42-50-37(25)49-41-34-18-22(58-47(61)31-7-3-4-8-32(31)48(58)62)10-14-26(34)38(51-41)53-43-36-20-24(70(66,67)68)12-16-28(36)40(55-43)56-44-35-19-23(69(63,64)65)11-15-27(35)39(52-42)54-44/h1-20H,(H,63,64,65)(H,66,67,68)(H2,49,50,51,52,53,54,55,56). The lowest BCUT2D eigenvalue weighted by atomic mass is 10.1. The number of hydrogen-bond donors (Lipinski definition) is 4. The van der Waals surface area contributed by atoms with Crippen LogP contribution < -0.4 is 9.80 Å². The summed E-state index contributed by atoms with van der Waals surface area (Å²) < 4.78 is 70.0. The minimum absolute atomic E-state index is 0.00284. The summed E-state index contributed by atoms with van der Waals surface area (Å²) in [4.78, 5) is 91.4. The van der Waals surface area contributed by atoms with Crippen LogP contribution in [0.3, 0.4) is 0 Å². The quantitative estimate of drug-likeness (QED) is 0.103. The van der Waals surface area contributed by atoms with Crippen molar-refractivity contribution >= 4 is 77.3 Å². The van der Waals surface area contributed by atoms with E-state index in [1.807, 2.05) is 0 Å². The van der Waals surface area contributed by atoms with Crippen LogP contribution in [0, 0.1) is 0 Å². The Bertz CT molecular complexity index is 4250. The van der Waals surface area contributed by atoms with Gasteiger partial charge >= 0.3 is 0 Å². The van der Waals surface area contributed by atoms with Crippen LogP contribution in [0.4, 0.5) is 11.4 Å². The lowest BCUT2D eigenvalue weighted by Crippen LogP contribution is -2.29. The van der Waals surface area contributed by atoms with Crippen LogP contribution in [-0.2, 0) is 20.2 Å². The summed E-state index contributed by atoms with van der Waals surface area (Å²) >= 11 is 0. The Morgan fingerprint density at radius 1 is 0.371 bits per heavy atom. The van der Waals surface area contributed by atoms with E-state index in [9.17, 15) is 45.1 Å². The van der Waals surface area contributed by atoms with E-state index in [-0.39, 0.29) is 96.6 Å². The number of nitrogens with one attached hydrogen (secondary N) is 2. The molecule has 5 aliphatic heterocycles. The number of hydrogen-bond acceptors (Lipinski definition) is 14. The summed E-state index contributed by atoms with van der Waals surface area (Å²) in [5.41, 5.74) is 3.12. The highest BCUT2D eigenvalue weighted by molar-refractivity contribution is 7.86. The first kappa shape index (κ1) is 41.0. The highest BCUT2D eigenvalue weighted by Crippen LogP contribution is 2.43. The normalized spacial score (nSPS) is 14.1. The summed E-state index contributed by atoms with van der Waals surface area (Å²) in [6, 6.07) is 29.8.